The van der Waals surface area contributed by atoms with Crippen molar-refractivity contribution in [3.8, 4) is 0 Å². The zero-order valence-electron chi connectivity index (χ0n) is 9.28. The largest absolute Gasteiger partial charge is 0.277 e. The van der Waals surface area contributed by atoms with Gasteiger partial charge in [0, 0.05) is 12.0 Å². The molecule has 0 heterocycles. The van der Waals surface area contributed by atoms with Gasteiger partial charge in [0.2, 0.25) is 0 Å². The lowest BCUT2D eigenvalue weighted by Gasteiger charge is -2.07. The predicted molar refractivity (Wildman–Crippen MR) is 61.9 cm³/mol. The Hall–Kier alpha value is -1.43. The average Bonchev–Trinajstić information content (AvgIpc) is 2.14. The first kappa shape index (κ1) is 12.6. The number of anilines is 1. The van der Waals surface area contributed by atoms with E-state index in [1.54, 1.807) is 13.8 Å². The Bertz CT molecular complexity index is 520. The van der Waals surface area contributed by atoms with E-state index < -0.39 is 15.7 Å². The molecule has 0 aromatic heterocycles. The molecule has 1 rings (SSSR count). The lowest BCUT2D eigenvalue weighted by Crippen LogP contribution is -2.04. The van der Waals surface area contributed by atoms with Crippen molar-refractivity contribution >= 4 is 21.2 Å². The van der Waals surface area contributed by atoms with Crippen molar-refractivity contribution in [2.75, 3.05) is 11.7 Å². The van der Waals surface area contributed by atoms with E-state index in [0.29, 0.717) is 0 Å². The van der Waals surface area contributed by atoms with Gasteiger partial charge in [0.05, 0.1) is 10.6 Å². The first-order chi connectivity index (χ1) is 7.30. The molecular weight excluding hydrogens is 231 g/mol. The van der Waals surface area contributed by atoms with Crippen LogP contribution >= 0.6 is 0 Å². The molecule has 0 unspecified atom stereocenters. The van der Waals surface area contributed by atoms with E-state index in [0.717, 1.165) is 18.0 Å². The van der Waals surface area contributed by atoms with Gasteiger partial charge >= 0.3 is 0 Å². The minimum Gasteiger partial charge on any atom is -0.277 e. The number of nitrogens with one attached hydrogen (secondary N) is 1. The number of hydrogen-bond donors (Lipinski definition) is 1. The number of halogens is 1. The van der Waals surface area contributed by atoms with Crippen LogP contribution in [0, 0.1) is 5.82 Å². The topological polar surface area (TPSA) is 58.5 Å². The van der Waals surface area contributed by atoms with Crippen LogP contribution < -0.4 is 5.43 Å². The average molecular weight is 244 g/mol. The molecule has 0 amide bonds. The summed E-state index contributed by atoms with van der Waals surface area (Å²) in [5.41, 5.74) is 3.60. The van der Waals surface area contributed by atoms with Gasteiger partial charge in [-0.1, -0.05) is 0 Å². The van der Waals surface area contributed by atoms with Crippen molar-refractivity contribution in [2.24, 2.45) is 5.10 Å². The van der Waals surface area contributed by atoms with Gasteiger partial charge in [0.15, 0.2) is 9.84 Å². The van der Waals surface area contributed by atoms with Crippen molar-refractivity contribution in [3.63, 3.8) is 0 Å². The van der Waals surface area contributed by atoms with Crippen LogP contribution in [0.5, 0.6) is 0 Å². The number of benzene rings is 1. The molecule has 1 N–H and O–H groups in total. The van der Waals surface area contributed by atoms with E-state index in [9.17, 15) is 12.8 Å². The maximum Gasteiger partial charge on any atom is 0.177 e. The Morgan fingerprint density at radius 2 is 2.00 bits per heavy atom. The van der Waals surface area contributed by atoms with Crippen molar-refractivity contribution in [1.29, 1.82) is 0 Å². The van der Waals surface area contributed by atoms with E-state index in [1.807, 2.05) is 0 Å². The first-order valence-corrected chi connectivity index (χ1v) is 6.46. The van der Waals surface area contributed by atoms with Crippen LogP contribution in [0.3, 0.4) is 0 Å². The number of hydrogen-bond acceptors (Lipinski definition) is 4. The van der Waals surface area contributed by atoms with Crippen LogP contribution in [0.4, 0.5) is 10.1 Å². The van der Waals surface area contributed by atoms with Crippen LogP contribution in [0.1, 0.15) is 13.8 Å². The van der Waals surface area contributed by atoms with E-state index >= 15 is 0 Å². The summed E-state index contributed by atoms with van der Waals surface area (Å²) in [5.74, 6) is -0.594. The second kappa shape index (κ2) is 4.61. The summed E-state index contributed by atoms with van der Waals surface area (Å²) in [6.07, 6.45) is 1.02. The molecule has 0 radical (unpaired) electrons. The molecule has 0 bridgehead atoms. The molecule has 1 aromatic carbocycles. The van der Waals surface area contributed by atoms with E-state index in [1.165, 1.54) is 12.1 Å². The summed E-state index contributed by atoms with van der Waals surface area (Å²) in [6.45, 7) is 3.52. The molecule has 4 nitrogen and oxygen atoms in total. The van der Waals surface area contributed by atoms with Crippen LogP contribution in [0.2, 0.25) is 0 Å². The van der Waals surface area contributed by atoms with Crippen LogP contribution in [0.15, 0.2) is 28.2 Å². The number of nitrogens with zero attached hydrogens (tertiary/aromatic N) is 1. The zero-order chi connectivity index (χ0) is 12.3. The standard InChI is InChI=1S/C10H13FN2O2S/c1-7(2)12-13-9-5-4-8(11)6-10(9)16(3,14)15/h4-6,13H,1-3H3. The minimum absolute atomic E-state index is 0.0995. The fraction of sp³-hybridized carbons (Fsp3) is 0.300. The van der Waals surface area contributed by atoms with Crippen molar-refractivity contribution in [2.45, 2.75) is 18.7 Å². The summed E-state index contributed by atoms with van der Waals surface area (Å²) in [4.78, 5) is -0.0995. The molecule has 0 fully saturated rings. The quantitative estimate of drug-likeness (QED) is 0.654. The summed E-state index contributed by atoms with van der Waals surface area (Å²) >= 11 is 0. The third-order valence-electron chi connectivity index (χ3n) is 1.74. The van der Waals surface area contributed by atoms with E-state index in [2.05, 4.69) is 10.5 Å². The SMILES string of the molecule is CC(C)=NNc1ccc(F)cc1S(C)(=O)=O. The molecule has 0 saturated carbocycles. The van der Waals surface area contributed by atoms with Crippen molar-refractivity contribution < 1.29 is 12.8 Å². The van der Waals surface area contributed by atoms with E-state index in [4.69, 9.17) is 0 Å². The molecule has 0 saturated heterocycles. The number of hydrazone groups is 1. The molecule has 88 valence electrons. The number of sulfone groups is 1. The third kappa shape index (κ3) is 3.30. The molecule has 0 aliphatic carbocycles. The second-order valence-electron chi connectivity index (χ2n) is 3.58. The Balaban J connectivity index is 3.24. The smallest absolute Gasteiger partial charge is 0.177 e. The van der Waals surface area contributed by atoms with Gasteiger partial charge in [-0.2, -0.15) is 5.10 Å². The van der Waals surface area contributed by atoms with Gasteiger partial charge < -0.3 is 0 Å². The third-order valence-corrected chi connectivity index (χ3v) is 2.88. The van der Waals surface area contributed by atoms with Gasteiger partial charge in [0.25, 0.3) is 0 Å². The van der Waals surface area contributed by atoms with Crippen LogP contribution in [-0.2, 0) is 9.84 Å². The fourth-order valence-electron chi connectivity index (χ4n) is 1.07. The Morgan fingerprint density at radius 1 is 1.38 bits per heavy atom. The summed E-state index contributed by atoms with van der Waals surface area (Å²) < 4.78 is 35.7. The Morgan fingerprint density at radius 3 is 2.50 bits per heavy atom. The fourth-order valence-corrected chi connectivity index (χ4v) is 1.91. The minimum atomic E-state index is -3.48. The van der Waals surface area contributed by atoms with Gasteiger partial charge in [0.1, 0.15) is 5.82 Å². The molecular formula is C10H13FN2O2S. The van der Waals surface area contributed by atoms with E-state index in [-0.39, 0.29) is 10.6 Å². The molecule has 1 aromatic rings. The maximum atomic E-state index is 12.9. The molecule has 0 aliphatic rings. The molecule has 6 heteroatoms. The molecule has 0 atom stereocenters. The highest BCUT2D eigenvalue weighted by molar-refractivity contribution is 7.90. The zero-order valence-corrected chi connectivity index (χ0v) is 10.1. The lowest BCUT2D eigenvalue weighted by atomic mass is 10.3. The second-order valence-corrected chi connectivity index (χ2v) is 5.57. The van der Waals surface area contributed by atoms with Crippen molar-refractivity contribution in [1.82, 2.24) is 0 Å². The summed E-state index contributed by atoms with van der Waals surface area (Å²) in [5, 5.41) is 3.88. The highest BCUT2D eigenvalue weighted by atomic mass is 32.2. The normalized spacial score (nSPS) is 11.0. The highest BCUT2D eigenvalue weighted by Crippen LogP contribution is 2.22. The van der Waals surface area contributed by atoms with Crippen LogP contribution in [-0.4, -0.2) is 20.4 Å². The maximum absolute atomic E-state index is 12.9. The van der Waals surface area contributed by atoms with Crippen LogP contribution in [0.25, 0.3) is 0 Å². The van der Waals surface area contributed by atoms with Crippen molar-refractivity contribution in [3.05, 3.63) is 24.0 Å². The summed E-state index contributed by atoms with van der Waals surface area (Å²) in [6, 6.07) is 3.49. The lowest BCUT2D eigenvalue weighted by molar-refractivity contribution is 0.596. The van der Waals surface area contributed by atoms with Gasteiger partial charge in [-0.15, -0.1) is 0 Å². The monoisotopic (exact) mass is 244 g/mol. The van der Waals surface area contributed by atoms with Gasteiger partial charge in [-0.3, -0.25) is 5.43 Å². The highest BCUT2D eigenvalue weighted by Gasteiger charge is 2.14. The molecule has 0 spiro atoms. The van der Waals surface area contributed by atoms with Gasteiger partial charge in [-0.05, 0) is 32.0 Å². The Labute approximate surface area is 94.1 Å². The predicted octanol–water partition coefficient (Wildman–Crippen LogP) is 2.04. The number of rotatable bonds is 3. The van der Waals surface area contributed by atoms with Gasteiger partial charge in [-0.25, -0.2) is 12.8 Å². The first-order valence-electron chi connectivity index (χ1n) is 4.57. The summed E-state index contributed by atoms with van der Waals surface area (Å²) in [7, 11) is -3.48. The molecule has 0 aliphatic heterocycles. The Kier molecular flexibility index (Phi) is 3.64. The molecule has 16 heavy (non-hydrogen) atoms.